The lowest BCUT2D eigenvalue weighted by Gasteiger charge is -2.17. The lowest BCUT2D eigenvalue weighted by molar-refractivity contribution is 0.791. The molecule has 0 spiro atoms. The SMILES string of the molecule is c1ccc2c(c1)NCC(c1ccc3c(c1)CSCNC3)CS2. The minimum absolute atomic E-state index is 0.573. The van der Waals surface area contributed by atoms with Crippen molar-refractivity contribution in [3.63, 3.8) is 0 Å². The van der Waals surface area contributed by atoms with Crippen molar-refractivity contribution in [2.45, 2.75) is 23.1 Å². The van der Waals surface area contributed by atoms with Gasteiger partial charge in [-0.1, -0.05) is 30.3 Å². The molecule has 1 unspecified atom stereocenters. The summed E-state index contributed by atoms with van der Waals surface area (Å²) in [5.74, 6) is 3.90. The van der Waals surface area contributed by atoms with Crippen LogP contribution in [-0.4, -0.2) is 18.2 Å². The van der Waals surface area contributed by atoms with Gasteiger partial charge in [-0.25, -0.2) is 0 Å². The molecule has 2 aliphatic rings. The summed E-state index contributed by atoms with van der Waals surface area (Å²) in [5, 5.41) is 7.10. The number of rotatable bonds is 1. The molecule has 0 fully saturated rings. The van der Waals surface area contributed by atoms with Gasteiger partial charge in [-0.15, -0.1) is 23.5 Å². The Morgan fingerprint density at radius 3 is 3.00 bits per heavy atom. The van der Waals surface area contributed by atoms with Gasteiger partial charge in [0.1, 0.15) is 0 Å². The minimum atomic E-state index is 0.573. The average Bonchev–Trinajstić information content (AvgIpc) is 2.92. The van der Waals surface area contributed by atoms with E-state index in [0.717, 1.165) is 30.5 Å². The van der Waals surface area contributed by atoms with Crippen molar-refractivity contribution in [1.82, 2.24) is 5.32 Å². The Kier molecular flexibility index (Phi) is 4.33. The monoisotopic (exact) mass is 328 g/mol. The van der Waals surface area contributed by atoms with Crippen molar-refractivity contribution in [2.24, 2.45) is 0 Å². The molecule has 0 bridgehead atoms. The second kappa shape index (κ2) is 6.57. The zero-order chi connectivity index (χ0) is 14.8. The van der Waals surface area contributed by atoms with E-state index >= 15 is 0 Å². The van der Waals surface area contributed by atoms with Crippen LogP contribution < -0.4 is 10.6 Å². The van der Waals surface area contributed by atoms with Gasteiger partial charge in [-0.3, -0.25) is 0 Å². The summed E-state index contributed by atoms with van der Waals surface area (Å²) in [7, 11) is 0. The maximum atomic E-state index is 3.63. The van der Waals surface area contributed by atoms with Crippen molar-refractivity contribution < 1.29 is 0 Å². The zero-order valence-electron chi connectivity index (χ0n) is 12.5. The predicted molar refractivity (Wildman–Crippen MR) is 97.8 cm³/mol. The minimum Gasteiger partial charge on any atom is -0.383 e. The molecule has 2 aromatic carbocycles. The number of nitrogens with one attached hydrogen (secondary N) is 2. The van der Waals surface area contributed by atoms with Gasteiger partial charge in [0.25, 0.3) is 0 Å². The Balaban J connectivity index is 1.57. The Labute approximate surface area is 140 Å². The summed E-state index contributed by atoms with van der Waals surface area (Å²) < 4.78 is 0. The molecule has 4 heteroatoms. The molecule has 2 aromatic rings. The standard InChI is InChI=1S/C18H20N2S2/c1-2-4-18-17(3-1)20-9-16(11-22-18)13-5-6-14-8-19-12-21-10-15(14)7-13/h1-7,16,19-20H,8-12H2. The number of benzene rings is 2. The third-order valence-corrected chi connectivity index (χ3v) is 6.50. The first-order chi connectivity index (χ1) is 10.9. The van der Waals surface area contributed by atoms with E-state index < -0.39 is 0 Å². The first kappa shape index (κ1) is 14.5. The Hall–Kier alpha value is -1.10. The van der Waals surface area contributed by atoms with E-state index in [2.05, 4.69) is 53.1 Å². The lowest BCUT2D eigenvalue weighted by Crippen LogP contribution is -2.14. The van der Waals surface area contributed by atoms with Crippen LogP contribution in [0, 0.1) is 0 Å². The van der Waals surface area contributed by atoms with Crippen LogP contribution in [0.4, 0.5) is 5.69 Å². The predicted octanol–water partition coefficient (Wildman–Crippen LogP) is 4.28. The maximum absolute atomic E-state index is 3.63. The fraction of sp³-hybridized carbons (Fsp3) is 0.333. The van der Waals surface area contributed by atoms with Crippen LogP contribution in [0.1, 0.15) is 22.6 Å². The Morgan fingerprint density at radius 2 is 2.00 bits per heavy atom. The molecule has 2 aliphatic heterocycles. The summed E-state index contributed by atoms with van der Waals surface area (Å²) in [4.78, 5) is 1.37. The number of anilines is 1. The van der Waals surface area contributed by atoms with Crippen LogP contribution in [0.5, 0.6) is 0 Å². The van der Waals surface area contributed by atoms with Gasteiger partial charge < -0.3 is 10.6 Å². The molecule has 22 heavy (non-hydrogen) atoms. The fourth-order valence-electron chi connectivity index (χ4n) is 3.06. The third kappa shape index (κ3) is 3.00. The quantitative estimate of drug-likeness (QED) is 0.816. The van der Waals surface area contributed by atoms with Crippen molar-refractivity contribution >= 4 is 29.2 Å². The molecule has 114 valence electrons. The molecule has 0 saturated heterocycles. The zero-order valence-corrected chi connectivity index (χ0v) is 14.1. The number of hydrogen-bond donors (Lipinski definition) is 2. The van der Waals surface area contributed by atoms with Gasteiger partial charge in [0.2, 0.25) is 0 Å². The number of hydrogen-bond acceptors (Lipinski definition) is 4. The molecule has 0 aromatic heterocycles. The van der Waals surface area contributed by atoms with Crippen LogP contribution in [-0.2, 0) is 12.3 Å². The molecular weight excluding hydrogens is 308 g/mol. The van der Waals surface area contributed by atoms with Gasteiger partial charge in [-0.2, -0.15) is 0 Å². The largest absolute Gasteiger partial charge is 0.383 e. The molecule has 0 amide bonds. The van der Waals surface area contributed by atoms with E-state index in [0.29, 0.717) is 5.92 Å². The van der Waals surface area contributed by atoms with Crippen molar-refractivity contribution in [1.29, 1.82) is 0 Å². The summed E-state index contributed by atoms with van der Waals surface area (Å²) in [6.45, 7) is 2.03. The lowest BCUT2D eigenvalue weighted by atomic mass is 9.96. The second-order valence-corrected chi connectivity index (χ2v) is 7.88. The first-order valence-electron chi connectivity index (χ1n) is 7.76. The van der Waals surface area contributed by atoms with E-state index in [1.807, 2.05) is 23.5 Å². The van der Waals surface area contributed by atoms with Crippen LogP contribution >= 0.6 is 23.5 Å². The van der Waals surface area contributed by atoms with Crippen molar-refractivity contribution in [2.75, 3.05) is 23.5 Å². The summed E-state index contributed by atoms with van der Waals surface area (Å²) in [6, 6.07) is 15.7. The average molecular weight is 329 g/mol. The van der Waals surface area contributed by atoms with Crippen LogP contribution in [0.3, 0.4) is 0 Å². The second-order valence-electron chi connectivity index (χ2n) is 5.83. The van der Waals surface area contributed by atoms with E-state index in [9.17, 15) is 0 Å². The number of para-hydroxylation sites is 1. The van der Waals surface area contributed by atoms with Crippen molar-refractivity contribution in [3.05, 3.63) is 59.2 Å². The first-order valence-corrected chi connectivity index (χ1v) is 9.90. The maximum Gasteiger partial charge on any atom is 0.0478 e. The van der Waals surface area contributed by atoms with E-state index in [4.69, 9.17) is 0 Å². The molecule has 0 aliphatic carbocycles. The van der Waals surface area contributed by atoms with Gasteiger partial charge in [0.15, 0.2) is 0 Å². The van der Waals surface area contributed by atoms with Crippen LogP contribution in [0.15, 0.2) is 47.4 Å². The molecule has 2 N–H and O–H groups in total. The fourth-order valence-corrected chi connectivity index (χ4v) is 5.06. The Bertz CT molecular complexity index is 645. The highest BCUT2D eigenvalue weighted by Crippen LogP contribution is 2.35. The van der Waals surface area contributed by atoms with Gasteiger partial charge in [-0.05, 0) is 28.8 Å². The van der Waals surface area contributed by atoms with E-state index in [1.165, 1.54) is 27.3 Å². The third-order valence-electron chi connectivity index (χ3n) is 4.34. The van der Waals surface area contributed by atoms with Gasteiger partial charge in [0.05, 0.1) is 0 Å². The topological polar surface area (TPSA) is 24.1 Å². The van der Waals surface area contributed by atoms with Crippen LogP contribution in [0.2, 0.25) is 0 Å². The van der Waals surface area contributed by atoms with Crippen LogP contribution in [0.25, 0.3) is 0 Å². The molecule has 0 radical (unpaired) electrons. The number of fused-ring (bicyclic) bond motifs is 2. The van der Waals surface area contributed by atoms with Gasteiger partial charge in [0, 0.05) is 47.0 Å². The van der Waals surface area contributed by atoms with Gasteiger partial charge >= 0.3 is 0 Å². The molecular formula is C18H20N2S2. The highest BCUT2D eigenvalue weighted by molar-refractivity contribution is 7.99. The van der Waals surface area contributed by atoms with E-state index in [1.54, 1.807) is 0 Å². The highest BCUT2D eigenvalue weighted by Gasteiger charge is 2.19. The van der Waals surface area contributed by atoms with Crippen molar-refractivity contribution in [3.8, 4) is 0 Å². The highest BCUT2D eigenvalue weighted by atomic mass is 32.2. The van der Waals surface area contributed by atoms with E-state index in [-0.39, 0.29) is 0 Å². The normalized spacial score (nSPS) is 21.0. The molecule has 4 rings (SSSR count). The molecule has 2 heterocycles. The molecule has 2 nitrogen and oxygen atoms in total. The number of thioether (sulfide) groups is 2. The summed E-state index contributed by atoms with van der Waals surface area (Å²) in [6.07, 6.45) is 0. The Morgan fingerprint density at radius 1 is 1.05 bits per heavy atom. The molecule has 0 saturated carbocycles. The summed E-state index contributed by atoms with van der Waals surface area (Å²) >= 11 is 3.95. The molecule has 1 atom stereocenters. The smallest absolute Gasteiger partial charge is 0.0478 e. The summed E-state index contributed by atoms with van der Waals surface area (Å²) in [5.41, 5.74) is 5.74.